The van der Waals surface area contributed by atoms with Gasteiger partial charge in [-0.05, 0) is 39.0 Å². The number of nitrogens with one attached hydrogen (secondary N) is 1. The van der Waals surface area contributed by atoms with Crippen molar-refractivity contribution < 1.29 is 9.53 Å². The smallest absolute Gasteiger partial charge is 0.256 e. The lowest BCUT2D eigenvalue weighted by Crippen LogP contribution is -2.15. The number of rotatable bonds is 4. The summed E-state index contributed by atoms with van der Waals surface area (Å²) in [5.74, 6) is 0.301. The summed E-state index contributed by atoms with van der Waals surface area (Å²) in [5.41, 5.74) is 4.74. The van der Waals surface area contributed by atoms with E-state index in [0.29, 0.717) is 28.3 Å². The number of hydrogen-bond donors (Lipinski definition) is 1. The molecule has 0 spiro atoms. The van der Waals surface area contributed by atoms with E-state index < -0.39 is 0 Å². The maximum absolute atomic E-state index is 13.2. The predicted molar refractivity (Wildman–Crippen MR) is 112 cm³/mol. The molecule has 0 atom stereocenters. The standard InChI is InChI=1S/C22H21N5O2/c1-13-12-17(22(28)25-20-15(3)23-11-10-18(20)29-4)19-14(2)26-27(21(19)24-13)16-8-6-5-7-9-16/h5-12H,1-4H3,(H,25,28). The van der Waals surface area contributed by atoms with Crippen LogP contribution in [0.25, 0.3) is 16.7 Å². The third-order valence-electron chi connectivity index (χ3n) is 4.75. The van der Waals surface area contributed by atoms with Gasteiger partial charge in [-0.1, -0.05) is 18.2 Å². The molecule has 0 unspecified atom stereocenters. The molecule has 0 aliphatic carbocycles. The number of carbonyl (C=O) groups excluding carboxylic acids is 1. The topological polar surface area (TPSA) is 81.9 Å². The first-order valence-corrected chi connectivity index (χ1v) is 9.23. The predicted octanol–water partition coefficient (Wildman–Crippen LogP) is 4.00. The molecule has 146 valence electrons. The van der Waals surface area contributed by atoms with E-state index in [-0.39, 0.29) is 5.91 Å². The van der Waals surface area contributed by atoms with Crippen LogP contribution in [0.15, 0.2) is 48.7 Å². The van der Waals surface area contributed by atoms with Crippen LogP contribution in [-0.2, 0) is 0 Å². The van der Waals surface area contributed by atoms with E-state index in [1.54, 1.807) is 30.1 Å². The van der Waals surface area contributed by atoms with Gasteiger partial charge in [-0.25, -0.2) is 9.67 Å². The molecule has 3 aromatic heterocycles. The van der Waals surface area contributed by atoms with E-state index in [1.807, 2.05) is 51.1 Å². The quantitative estimate of drug-likeness (QED) is 0.572. The van der Waals surface area contributed by atoms with Gasteiger partial charge in [0.15, 0.2) is 5.65 Å². The number of anilines is 1. The van der Waals surface area contributed by atoms with Crippen LogP contribution < -0.4 is 10.1 Å². The van der Waals surface area contributed by atoms with E-state index in [2.05, 4.69) is 20.4 Å². The number of carbonyl (C=O) groups is 1. The molecule has 0 radical (unpaired) electrons. The van der Waals surface area contributed by atoms with Gasteiger partial charge >= 0.3 is 0 Å². The summed E-state index contributed by atoms with van der Waals surface area (Å²) in [6.07, 6.45) is 1.65. The second-order valence-electron chi connectivity index (χ2n) is 6.77. The monoisotopic (exact) mass is 387 g/mol. The van der Waals surface area contributed by atoms with Crippen molar-refractivity contribution in [1.82, 2.24) is 19.7 Å². The summed E-state index contributed by atoms with van der Waals surface area (Å²) < 4.78 is 7.14. The van der Waals surface area contributed by atoms with Gasteiger partial charge < -0.3 is 10.1 Å². The zero-order chi connectivity index (χ0) is 20.5. The van der Waals surface area contributed by atoms with Gasteiger partial charge in [-0.15, -0.1) is 0 Å². The van der Waals surface area contributed by atoms with Crippen molar-refractivity contribution in [3.8, 4) is 11.4 Å². The molecule has 1 amide bonds. The van der Waals surface area contributed by atoms with Gasteiger partial charge in [0, 0.05) is 18.0 Å². The van der Waals surface area contributed by atoms with Crippen molar-refractivity contribution in [2.45, 2.75) is 20.8 Å². The molecule has 29 heavy (non-hydrogen) atoms. The molecule has 3 heterocycles. The first-order valence-electron chi connectivity index (χ1n) is 9.23. The van der Waals surface area contributed by atoms with Crippen molar-refractivity contribution in [3.05, 3.63) is 71.3 Å². The van der Waals surface area contributed by atoms with Crippen LogP contribution in [0, 0.1) is 20.8 Å². The average molecular weight is 387 g/mol. The molecule has 4 rings (SSSR count). The highest BCUT2D eigenvalue weighted by atomic mass is 16.5. The molecule has 0 bridgehead atoms. The van der Waals surface area contributed by atoms with E-state index in [1.165, 1.54) is 0 Å². The van der Waals surface area contributed by atoms with Crippen molar-refractivity contribution >= 4 is 22.6 Å². The number of amides is 1. The lowest BCUT2D eigenvalue weighted by atomic mass is 10.1. The van der Waals surface area contributed by atoms with Crippen LogP contribution >= 0.6 is 0 Å². The van der Waals surface area contributed by atoms with Gasteiger partial charge in [0.25, 0.3) is 5.91 Å². The number of para-hydroxylation sites is 1. The molecule has 4 aromatic rings. The van der Waals surface area contributed by atoms with Crippen LogP contribution in [0.1, 0.15) is 27.4 Å². The first kappa shape index (κ1) is 18.6. The van der Waals surface area contributed by atoms with Crippen LogP contribution in [0.4, 0.5) is 5.69 Å². The Hall–Kier alpha value is -3.74. The largest absolute Gasteiger partial charge is 0.494 e. The van der Waals surface area contributed by atoms with Crippen LogP contribution in [-0.4, -0.2) is 32.8 Å². The number of methoxy groups -OCH3 is 1. The van der Waals surface area contributed by atoms with Crippen LogP contribution in [0.2, 0.25) is 0 Å². The Bertz CT molecular complexity index is 1220. The average Bonchev–Trinajstić information content (AvgIpc) is 3.05. The van der Waals surface area contributed by atoms with Crippen molar-refractivity contribution in [2.75, 3.05) is 12.4 Å². The van der Waals surface area contributed by atoms with Crippen molar-refractivity contribution in [2.24, 2.45) is 0 Å². The summed E-state index contributed by atoms with van der Waals surface area (Å²) in [4.78, 5) is 22.1. The highest BCUT2D eigenvalue weighted by Gasteiger charge is 2.21. The fraction of sp³-hybridized carbons (Fsp3) is 0.182. The Morgan fingerprint density at radius 2 is 1.83 bits per heavy atom. The van der Waals surface area contributed by atoms with E-state index in [4.69, 9.17) is 4.74 Å². The normalized spacial score (nSPS) is 10.9. The molecule has 0 saturated carbocycles. The first-order chi connectivity index (χ1) is 14.0. The highest BCUT2D eigenvalue weighted by Crippen LogP contribution is 2.29. The number of nitrogens with zero attached hydrogens (tertiary/aromatic N) is 4. The fourth-order valence-corrected chi connectivity index (χ4v) is 3.39. The summed E-state index contributed by atoms with van der Waals surface area (Å²) in [6.45, 7) is 5.57. The molecule has 0 saturated heterocycles. The number of ether oxygens (including phenoxy) is 1. The number of aromatic nitrogens is 4. The summed E-state index contributed by atoms with van der Waals surface area (Å²) >= 11 is 0. The third kappa shape index (κ3) is 3.31. The summed E-state index contributed by atoms with van der Waals surface area (Å²) in [5, 5.41) is 8.31. The molecule has 1 N–H and O–H groups in total. The maximum Gasteiger partial charge on any atom is 0.256 e. The third-order valence-corrected chi connectivity index (χ3v) is 4.75. The Labute approximate surface area is 168 Å². The lowest BCUT2D eigenvalue weighted by Gasteiger charge is -2.13. The van der Waals surface area contributed by atoms with Crippen molar-refractivity contribution in [3.63, 3.8) is 0 Å². The molecular weight excluding hydrogens is 366 g/mol. The van der Waals surface area contributed by atoms with Gasteiger partial charge in [0.1, 0.15) is 11.4 Å². The Morgan fingerprint density at radius 1 is 1.07 bits per heavy atom. The fourth-order valence-electron chi connectivity index (χ4n) is 3.39. The number of aryl methyl sites for hydroxylation is 3. The van der Waals surface area contributed by atoms with Gasteiger partial charge in [-0.3, -0.25) is 9.78 Å². The van der Waals surface area contributed by atoms with Crippen LogP contribution in [0.5, 0.6) is 5.75 Å². The van der Waals surface area contributed by atoms with E-state index in [0.717, 1.165) is 22.5 Å². The Morgan fingerprint density at radius 3 is 2.55 bits per heavy atom. The van der Waals surface area contributed by atoms with E-state index >= 15 is 0 Å². The highest BCUT2D eigenvalue weighted by molar-refractivity contribution is 6.13. The van der Waals surface area contributed by atoms with Gasteiger partial charge in [0.2, 0.25) is 0 Å². The molecule has 7 heteroatoms. The molecule has 7 nitrogen and oxygen atoms in total. The number of hydrogen-bond acceptors (Lipinski definition) is 5. The molecular formula is C22H21N5O2. The lowest BCUT2D eigenvalue weighted by molar-refractivity contribution is 0.102. The Kier molecular flexibility index (Phi) is 4.72. The summed E-state index contributed by atoms with van der Waals surface area (Å²) in [6, 6.07) is 13.2. The zero-order valence-corrected chi connectivity index (χ0v) is 16.7. The minimum Gasteiger partial charge on any atom is -0.494 e. The number of benzene rings is 1. The second kappa shape index (κ2) is 7.35. The molecule has 0 aliphatic heterocycles. The minimum atomic E-state index is -0.259. The summed E-state index contributed by atoms with van der Waals surface area (Å²) in [7, 11) is 1.56. The van der Waals surface area contributed by atoms with E-state index in [9.17, 15) is 4.79 Å². The second-order valence-corrected chi connectivity index (χ2v) is 6.77. The minimum absolute atomic E-state index is 0.259. The number of fused-ring (bicyclic) bond motifs is 1. The molecule has 0 fully saturated rings. The maximum atomic E-state index is 13.2. The van der Waals surface area contributed by atoms with Gasteiger partial charge in [0.05, 0.1) is 35.1 Å². The van der Waals surface area contributed by atoms with Gasteiger partial charge in [-0.2, -0.15) is 5.10 Å². The van der Waals surface area contributed by atoms with Crippen molar-refractivity contribution in [1.29, 1.82) is 0 Å². The molecule has 1 aromatic carbocycles. The zero-order valence-electron chi connectivity index (χ0n) is 16.7. The SMILES string of the molecule is COc1ccnc(C)c1NC(=O)c1cc(C)nc2c1c(C)nn2-c1ccccc1. The van der Waals surface area contributed by atoms with Crippen LogP contribution in [0.3, 0.4) is 0 Å². The molecule has 0 aliphatic rings. The Balaban J connectivity index is 1.85. The number of pyridine rings is 2.